The average molecular weight is 416 g/mol. The van der Waals surface area contributed by atoms with Crippen molar-refractivity contribution in [1.29, 1.82) is 0 Å². The predicted molar refractivity (Wildman–Crippen MR) is 90.9 cm³/mol. The molecule has 0 amide bonds. The van der Waals surface area contributed by atoms with Crippen molar-refractivity contribution in [3.63, 3.8) is 0 Å². The van der Waals surface area contributed by atoms with Crippen LogP contribution in [0.4, 0.5) is 26.3 Å². The summed E-state index contributed by atoms with van der Waals surface area (Å²) in [5, 5.41) is -0.0273. The molecule has 0 aliphatic heterocycles. The Morgan fingerprint density at radius 2 is 1.54 bits per heavy atom. The fourth-order valence-electron chi connectivity index (χ4n) is 2.94. The minimum Gasteiger partial charge on any atom is -0.276 e. The lowest BCUT2D eigenvalue weighted by molar-refractivity contribution is -0.144. The van der Waals surface area contributed by atoms with Gasteiger partial charge in [-0.15, -0.1) is 0 Å². The third kappa shape index (κ3) is 3.05. The van der Waals surface area contributed by atoms with Gasteiger partial charge in [-0.1, -0.05) is 23.7 Å². The van der Waals surface area contributed by atoms with Crippen molar-refractivity contribution in [2.24, 2.45) is 0 Å². The summed E-state index contributed by atoms with van der Waals surface area (Å²) >= 11 is 5.84. The van der Waals surface area contributed by atoms with Gasteiger partial charge in [0, 0.05) is 16.0 Å². The smallest absolute Gasteiger partial charge is 0.276 e. The van der Waals surface area contributed by atoms with E-state index in [1.54, 1.807) is 24.3 Å². The zero-order valence-electron chi connectivity index (χ0n) is 13.6. The molecule has 0 N–H and O–H groups in total. The molecule has 4 aromatic rings. The first kappa shape index (κ1) is 18.5. The van der Waals surface area contributed by atoms with Crippen LogP contribution in [-0.4, -0.2) is 14.4 Å². The van der Waals surface area contributed by atoms with Crippen LogP contribution in [0.2, 0.25) is 5.02 Å². The van der Waals surface area contributed by atoms with Crippen LogP contribution < -0.4 is 0 Å². The third-order valence-corrected chi connectivity index (χ3v) is 4.43. The van der Waals surface area contributed by atoms with Crippen molar-refractivity contribution in [1.82, 2.24) is 14.4 Å². The van der Waals surface area contributed by atoms with Gasteiger partial charge in [-0.2, -0.15) is 26.3 Å². The zero-order valence-corrected chi connectivity index (χ0v) is 14.4. The highest BCUT2D eigenvalue weighted by atomic mass is 35.5. The molecule has 0 bridgehead atoms. The number of hydrogen-bond donors (Lipinski definition) is 0. The summed E-state index contributed by atoms with van der Waals surface area (Å²) in [7, 11) is 0. The van der Waals surface area contributed by atoms with Crippen LogP contribution in [0.15, 0.2) is 48.7 Å². The summed E-state index contributed by atoms with van der Waals surface area (Å²) in [5.74, 6) is 0. The van der Waals surface area contributed by atoms with Gasteiger partial charge in [-0.05, 0) is 30.3 Å². The van der Waals surface area contributed by atoms with E-state index in [4.69, 9.17) is 11.6 Å². The number of rotatable bonds is 1. The summed E-state index contributed by atoms with van der Waals surface area (Å²) < 4.78 is 81.1. The fourth-order valence-corrected chi connectivity index (χ4v) is 3.07. The number of fused-ring (bicyclic) bond motifs is 3. The maximum absolute atomic E-state index is 13.4. The van der Waals surface area contributed by atoms with Crippen molar-refractivity contribution in [3.05, 3.63) is 64.9 Å². The second-order valence-electron chi connectivity index (χ2n) is 5.97. The zero-order chi connectivity index (χ0) is 20.3. The van der Waals surface area contributed by atoms with Crippen molar-refractivity contribution >= 4 is 28.3 Å². The number of aromatic nitrogens is 3. The standard InChI is InChI=1S/C18H8ClF6N3/c19-10-3-1-9(2-4-10)13-8-26-15-6-5-11-12(17(20,21)22)7-14(18(23,24)25)27-16(11)28(13)15/h1-8H. The Bertz CT molecular complexity index is 1190. The van der Waals surface area contributed by atoms with Gasteiger partial charge in [-0.25, -0.2) is 9.97 Å². The largest absolute Gasteiger partial charge is 0.433 e. The van der Waals surface area contributed by atoms with E-state index in [0.717, 1.165) is 6.07 Å². The van der Waals surface area contributed by atoms with Gasteiger partial charge in [0.25, 0.3) is 0 Å². The molecule has 0 saturated heterocycles. The molecule has 3 aromatic heterocycles. The van der Waals surface area contributed by atoms with Crippen molar-refractivity contribution in [2.45, 2.75) is 12.4 Å². The van der Waals surface area contributed by atoms with Crippen LogP contribution in [0, 0.1) is 0 Å². The first-order valence-corrected chi connectivity index (χ1v) is 8.15. The Labute approximate surface area is 158 Å². The van der Waals surface area contributed by atoms with Gasteiger partial charge in [0.15, 0.2) is 0 Å². The summed E-state index contributed by atoms with van der Waals surface area (Å²) in [6, 6.07) is 8.67. The summed E-state index contributed by atoms with van der Waals surface area (Å²) in [5.41, 5.74) is -2.56. The first-order valence-electron chi connectivity index (χ1n) is 7.77. The molecule has 4 rings (SSSR count). The highest BCUT2D eigenvalue weighted by Gasteiger charge is 2.39. The van der Waals surface area contributed by atoms with Crippen LogP contribution in [0.3, 0.4) is 0 Å². The lowest BCUT2D eigenvalue weighted by atomic mass is 10.1. The number of pyridine rings is 2. The SMILES string of the molecule is FC(F)(F)c1cc(C(F)(F)F)c2ccc3ncc(-c4ccc(Cl)cc4)n3c2n1. The number of benzene rings is 1. The lowest BCUT2D eigenvalue weighted by Gasteiger charge is -2.15. The number of halogens is 7. The lowest BCUT2D eigenvalue weighted by Crippen LogP contribution is -2.14. The highest BCUT2D eigenvalue weighted by Crippen LogP contribution is 2.39. The van der Waals surface area contributed by atoms with Crippen LogP contribution in [0.25, 0.3) is 27.9 Å². The van der Waals surface area contributed by atoms with E-state index in [2.05, 4.69) is 9.97 Å². The molecule has 3 heterocycles. The Morgan fingerprint density at radius 1 is 0.857 bits per heavy atom. The Kier molecular flexibility index (Phi) is 4.04. The number of nitrogens with zero attached hydrogens (tertiary/aromatic N) is 3. The van der Waals surface area contributed by atoms with E-state index in [1.165, 1.54) is 16.7 Å². The summed E-state index contributed by atoms with van der Waals surface area (Å²) in [6.07, 6.45) is -8.68. The van der Waals surface area contributed by atoms with Crippen LogP contribution in [0.5, 0.6) is 0 Å². The molecule has 0 spiro atoms. The van der Waals surface area contributed by atoms with Crippen LogP contribution in [-0.2, 0) is 12.4 Å². The fraction of sp³-hybridized carbons (Fsp3) is 0.111. The molecular formula is C18H8ClF6N3. The Hall–Kier alpha value is -2.81. The normalized spacial score (nSPS) is 12.8. The van der Waals surface area contributed by atoms with E-state index in [-0.39, 0.29) is 17.4 Å². The van der Waals surface area contributed by atoms with Crippen molar-refractivity contribution in [2.75, 3.05) is 0 Å². The van der Waals surface area contributed by atoms with Crippen molar-refractivity contribution in [3.8, 4) is 11.3 Å². The average Bonchev–Trinajstić information content (AvgIpc) is 3.04. The number of hydrogen-bond acceptors (Lipinski definition) is 2. The van der Waals surface area contributed by atoms with Gasteiger partial charge in [0.05, 0.1) is 17.5 Å². The molecule has 0 atom stereocenters. The molecule has 3 nitrogen and oxygen atoms in total. The van der Waals surface area contributed by atoms with Gasteiger partial charge >= 0.3 is 12.4 Å². The predicted octanol–water partition coefficient (Wildman–Crippen LogP) is 6.24. The number of imidazole rings is 1. The summed E-state index contributed by atoms with van der Waals surface area (Å²) in [6.45, 7) is 0. The maximum atomic E-state index is 13.4. The quantitative estimate of drug-likeness (QED) is 0.344. The highest BCUT2D eigenvalue weighted by molar-refractivity contribution is 6.30. The Balaban J connectivity index is 2.14. The monoisotopic (exact) mass is 415 g/mol. The molecule has 0 unspecified atom stereocenters. The molecule has 0 fully saturated rings. The van der Waals surface area contributed by atoms with E-state index < -0.39 is 34.6 Å². The Morgan fingerprint density at radius 3 is 2.14 bits per heavy atom. The van der Waals surface area contributed by atoms with Crippen molar-refractivity contribution < 1.29 is 26.3 Å². The molecule has 0 radical (unpaired) electrons. The van der Waals surface area contributed by atoms with Gasteiger partial charge in [0.2, 0.25) is 0 Å². The van der Waals surface area contributed by atoms with E-state index in [0.29, 0.717) is 10.6 Å². The van der Waals surface area contributed by atoms with Gasteiger partial charge < -0.3 is 0 Å². The number of alkyl halides is 6. The molecule has 10 heteroatoms. The minimum atomic E-state index is -5.04. The van der Waals surface area contributed by atoms with E-state index >= 15 is 0 Å². The van der Waals surface area contributed by atoms with Crippen LogP contribution >= 0.6 is 11.6 Å². The van der Waals surface area contributed by atoms with Crippen LogP contribution in [0.1, 0.15) is 11.3 Å². The molecule has 144 valence electrons. The topological polar surface area (TPSA) is 30.2 Å². The molecule has 0 saturated carbocycles. The van der Waals surface area contributed by atoms with E-state index in [1.807, 2.05) is 0 Å². The molecule has 0 aliphatic rings. The van der Waals surface area contributed by atoms with Gasteiger partial charge in [-0.3, -0.25) is 4.40 Å². The molecule has 1 aromatic carbocycles. The second kappa shape index (κ2) is 6.10. The third-order valence-electron chi connectivity index (χ3n) is 4.17. The molecular weight excluding hydrogens is 408 g/mol. The maximum Gasteiger partial charge on any atom is 0.433 e. The molecule has 0 aliphatic carbocycles. The van der Waals surface area contributed by atoms with Gasteiger partial charge in [0.1, 0.15) is 17.0 Å². The van der Waals surface area contributed by atoms with E-state index in [9.17, 15) is 26.3 Å². The minimum absolute atomic E-state index is 0.0209. The first-order chi connectivity index (χ1) is 13.1. The second-order valence-corrected chi connectivity index (χ2v) is 6.40. The summed E-state index contributed by atoms with van der Waals surface area (Å²) in [4.78, 5) is 7.58. The molecule has 28 heavy (non-hydrogen) atoms.